The maximum atomic E-state index is 13.7. The highest BCUT2D eigenvalue weighted by atomic mass is 32.1. The Morgan fingerprint density at radius 1 is 1.17 bits per heavy atom. The Balaban J connectivity index is 1.89. The summed E-state index contributed by atoms with van der Waals surface area (Å²) in [5, 5.41) is 12.2. The van der Waals surface area contributed by atoms with Crippen molar-refractivity contribution < 1.29 is 22.9 Å². The number of pyridine rings is 1. The van der Waals surface area contributed by atoms with Crippen LogP contribution in [0.25, 0.3) is 20.8 Å². The van der Waals surface area contributed by atoms with Gasteiger partial charge in [-0.25, -0.2) is 4.98 Å². The van der Waals surface area contributed by atoms with E-state index in [1.165, 1.54) is 23.5 Å². The van der Waals surface area contributed by atoms with Gasteiger partial charge in [-0.3, -0.25) is 14.9 Å². The molecule has 3 heterocycles. The highest BCUT2D eigenvalue weighted by Crippen LogP contribution is 2.44. The minimum absolute atomic E-state index is 0.00372. The molecule has 0 aliphatic carbocycles. The molecule has 0 bridgehead atoms. The Bertz CT molecular complexity index is 1280. The lowest BCUT2D eigenvalue weighted by atomic mass is 10.1. The van der Waals surface area contributed by atoms with Crippen molar-refractivity contribution >= 4 is 50.0 Å². The maximum Gasteiger partial charge on any atom is 0.417 e. The van der Waals surface area contributed by atoms with Crippen molar-refractivity contribution in [2.45, 2.75) is 6.18 Å². The van der Waals surface area contributed by atoms with Crippen molar-refractivity contribution in [3.63, 3.8) is 0 Å². The number of carbonyl (C=O) groups is 1. The first-order valence-electron chi connectivity index (χ1n) is 8.30. The molecule has 0 amide bonds. The van der Waals surface area contributed by atoms with Gasteiger partial charge >= 0.3 is 6.18 Å². The zero-order valence-electron chi connectivity index (χ0n) is 14.8. The van der Waals surface area contributed by atoms with E-state index in [4.69, 9.17) is 5.73 Å². The molecule has 0 unspecified atom stereocenters. The van der Waals surface area contributed by atoms with Gasteiger partial charge in [0.1, 0.15) is 9.71 Å². The first-order chi connectivity index (χ1) is 14.2. The minimum atomic E-state index is -4.70. The number of anilines is 1. The van der Waals surface area contributed by atoms with E-state index < -0.39 is 22.4 Å². The largest absolute Gasteiger partial charge is 0.417 e. The number of aromatic nitrogens is 1. The first-order valence-corrected chi connectivity index (χ1v) is 9.99. The van der Waals surface area contributed by atoms with Crippen LogP contribution in [0.5, 0.6) is 0 Å². The fourth-order valence-electron chi connectivity index (χ4n) is 2.93. The zero-order chi connectivity index (χ0) is 21.6. The van der Waals surface area contributed by atoms with Crippen molar-refractivity contribution in [3.8, 4) is 10.6 Å². The molecular weight excluding hydrogens is 439 g/mol. The molecule has 30 heavy (non-hydrogen) atoms. The molecule has 0 radical (unpaired) electrons. The summed E-state index contributed by atoms with van der Waals surface area (Å²) in [6, 6.07) is 9.04. The van der Waals surface area contributed by atoms with Gasteiger partial charge in [0.25, 0.3) is 5.69 Å². The summed E-state index contributed by atoms with van der Waals surface area (Å²) in [4.78, 5) is 27.7. The number of hydrogen-bond acceptors (Lipinski definition) is 7. The number of carbonyl (C=O) groups excluding carboxylic acids is 1. The number of nitrogens with zero attached hydrogens (tertiary/aromatic N) is 2. The standard InChI is InChI=1S/C19H10F3N3O3S2/c20-19(21,22)11-8-12(13-2-1-7-29-13)24-18-14(11)15(23)17(30-18)16(26)9-3-5-10(6-4-9)25(27)28/h1-8H,23H2. The molecule has 0 spiro atoms. The fraction of sp³-hybridized carbons (Fsp3) is 0.0526. The van der Waals surface area contributed by atoms with Crippen LogP contribution in [0.15, 0.2) is 47.8 Å². The third-order valence-corrected chi connectivity index (χ3v) is 6.32. The van der Waals surface area contributed by atoms with Crippen molar-refractivity contribution in [1.82, 2.24) is 4.98 Å². The lowest BCUT2D eigenvalue weighted by molar-refractivity contribution is -0.384. The van der Waals surface area contributed by atoms with Crippen LogP contribution in [0.1, 0.15) is 20.8 Å². The van der Waals surface area contributed by atoms with Gasteiger partial charge in [-0.1, -0.05) is 6.07 Å². The molecule has 1 aromatic carbocycles. The Labute approximate surface area is 174 Å². The molecule has 0 aliphatic heterocycles. The van der Waals surface area contributed by atoms with Gasteiger partial charge in [-0.05, 0) is 29.6 Å². The third-order valence-electron chi connectivity index (χ3n) is 4.32. The number of alkyl halides is 3. The van der Waals surface area contributed by atoms with Gasteiger partial charge in [0.2, 0.25) is 5.78 Å². The molecule has 152 valence electrons. The number of ketones is 1. The van der Waals surface area contributed by atoms with Crippen LogP contribution in [-0.2, 0) is 6.18 Å². The fourth-order valence-corrected chi connectivity index (χ4v) is 4.70. The van der Waals surface area contributed by atoms with E-state index in [9.17, 15) is 28.1 Å². The average Bonchev–Trinajstić information content (AvgIpc) is 3.34. The number of nitrogen functional groups attached to an aromatic ring is 1. The molecular formula is C19H10F3N3O3S2. The van der Waals surface area contributed by atoms with Crippen LogP contribution >= 0.6 is 22.7 Å². The van der Waals surface area contributed by atoms with Crippen molar-refractivity contribution in [2.75, 3.05) is 5.73 Å². The summed E-state index contributed by atoms with van der Waals surface area (Å²) in [5.41, 5.74) is 4.69. The van der Waals surface area contributed by atoms with Crippen LogP contribution in [0.3, 0.4) is 0 Å². The van der Waals surface area contributed by atoms with Gasteiger partial charge in [-0.2, -0.15) is 13.2 Å². The second-order valence-corrected chi connectivity index (χ2v) is 8.14. The number of nitro groups is 1. The molecule has 0 atom stereocenters. The molecule has 2 N–H and O–H groups in total. The van der Waals surface area contributed by atoms with E-state index in [0.29, 0.717) is 4.88 Å². The third kappa shape index (κ3) is 3.42. The number of nitrogens with two attached hydrogens (primary N) is 1. The van der Waals surface area contributed by atoms with Crippen molar-refractivity contribution in [1.29, 1.82) is 0 Å². The molecule has 4 rings (SSSR count). The molecule has 0 aliphatic rings. The van der Waals surface area contributed by atoms with Crippen LogP contribution in [0, 0.1) is 10.1 Å². The second kappa shape index (κ2) is 7.18. The number of halogens is 3. The summed E-state index contributed by atoms with van der Waals surface area (Å²) in [6.07, 6.45) is -4.70. The van der Waals surface area contributed by atoms with Crippen LogP contribution in [0.2, 0.25) is 0 Å². The summed E-state index contributed by atoms with van der Waals surface area (Å²) < 4.78 is 41.2. The SMILES string of the molecule is Nc1c(C(=O)c2ccc([N+](=O)[O-])cc2)sc2nc(-c3cccs3)cc(C(F)(F)F)c12. The number of nitro benzene ring substituents is 1. The van der Waals surface area contributed by atoms with Crippen molar-refractivity contribution in [2.24, 2.45) is 0 Å². The van der Waals surface area contributed by atoms with Crippen LogP contribution in [-0.4, -0.2) is 15.7 Å². The average molecular weight is 449 g/mol. The topological polar surface area (TPSA) is 99.1 Å². The predicted octanol–water partition coefficient (Wildman–Crippen LogP) is 5.77. The van der Waals surface area contributed by atoms with E-state index in [-0.39, 0.29) is 37.7 Å². The Hall–Kier alpha value is -3.31. The van der Waals surface area contributed by atoms with Gasteiger partial charge in [0.15, 0.2) is 0 Å². The molecule has 0 saturated heterocycles. The molecule has 4 aromatic rings. The summed E-state index contributed by atoms with van der Waals surface area (Å²) >= 11 is 2.01. The number of rotatable bonds is 4. The predicted molar refractivity (Wildman–Crippen MR) is 109 cm³/mol. The maximum absolute atomic E-state index is 13.7. The normalized spacial score (nSPS) is 11.7. The van der Waals surface area contributed by atoms with Gasteiger partial charge in [-0.15, -0.1) is 22.7 Å². The molecule has 3 aromatic heterocycles. The Morgan fingerprint density at radius 2 is 1.87 bits per heavy atom. The highest BCUT2D eigenvalue weighted by molar-refractivity contribution is 7.21. The van der Waals surface area contributed by atoms with E-state index in [2.05, 4.69) is 4.98 Å². The van der Waals surface area contributed by atoms with Crippen LogP contribution in [0.4, 0.5) is 24.5 Å². The molecule has 6 nitrogen and oxygen atoms in total. The Kier molecular flexibility index (Phi) is 4.79. The number of hydrogen-bond donors (Lipinski definition) is 1. The number of fused-ring (bicyclic) bond motifs is 1. The van der Waals surface area contributed by atoms with E-state index in [0.717, 1.165) is 29.5 Å². The van der Waals surface area contributed by atoms with Gasteiger partial charge in [0.05, 0.1) is 26.7 Å². The van der Waals surface area contributed by atoms with E-state index >= 15 is 0 Å². The smallest absolute Gasteiger partial charge is 0.397 e. The number of benzene rings is 1. The zero-order valence-corrected chi connectivity index (χ0v) is 16.4. The Morgan fingerprint density at radius 3 is 2.43 bits per heavy atom. The monoisotopic (exact) mass is 449 g/mol. The number of thiophene rings is 2. The summed E-state index contributed by atoms with van der Waals surface area (Å²) in [6.45, 7) is 0. The summed E-state index contributed by atoms with van der Waals surface area (Å²) in [7, 11) is 0. The second-order valence-electron chi connectivity index (χ2n) is 6.19. The molecule has 0 saturated carbocycles. The van der Waals surface area contributed by atoms with Crippen LogP contribution < -0.4 is 5.73 Å². The van der Waals surface area contributed by atoms with Gasteiger partial charge < -0.3 is 5.73 Å². The number of non-ortho nitro benzene ring substituents is 1. The molecule has 0 fully saturated rings. The van der Waals surface area contributed by atoms with E-state index in [1.54, 1.807) is 17.5 Å². The first kappa shape index (κ1) is 20.0. The van der Waals surface area contributed by atoms with E-state index in [1.807, 2.05) is 0 Å². The lowest BCUT2D eigenvalue weighted by Gasteiger charge is -2.10. The van der Waals surface area contributed by atoms with Gasteiger partial charge in [0, 0.05) is 23.1 Å². The van der Waals surface area contributed by atoms with Crippen molar-refractivity contribution in [3.05, 3.63) is 74.0 Å². The molecule has 11 heteroatoms. The highest BCUT2D eigenvalue weighted by Gasteiger charge is 2.36. The quantitative estimate of drug-likeness (QED) is 0.242. The lowest BCUT2D eigenvalue weighted by Crippen LogP contribution is -2.08. The summed E-state index contributed by atoms with van der Waals surface area (Å²) in [5.74, 6) is -0.629. The minimum Gasteiger partial charge on any atom is -0.397 e.